The molecule has 12 heteroatoms. The summed E-state index contributed by atoms with van der Waals surface area (Å²) in [5.74, 6) is 1.67. The van der Waals surface area contributed by atoms with Gasteiger partial charge in [-0.25, -0.2) is 31.1 Å². The third-order valence-corrected chi connectivity index (χ3v) is 10.2. The van der Waals surface area contributed by atoms with Crippen LogP contribution in [0.1, 0.15) is 38.5 Å². The molecule has 1 aliphatic carbocycles. The van der Waals surface area contributed by atoms with Gasteiger partial charge in [0.1, 0.15) is 16.6 Å². The molecule has 4 heterocycles. The van der Waals surface area contributed by atoms with Gasteiger partial charge in [0.25, 0.3) is 0 Å². The molecule has 0 aromatic carbocycles. The van der Waals surface area contributed by atoms with Crippen molar-refractivity contribution in [1.82, 2.24) is 19.3 Å². The summed E-state index contributed by atoms with van der Waals surface area (Å²) >= 11 is 6.35. The van der Waals surface area contributed by atoms with E-state index < -0.39 is 20.9 Å². The number of rotatable bonds is 7. The van der Waals surface area contributed by atoms with Gasteiger partial charge in [-0.1, -0.05) is 11.6 Å². The highest BCUT2D eigenvalue weighted by Crippen LogP contribution is 2.39. The number of nitrogens with zero attached hydrogens (tertiary/aromatic N) is 4. The van der Waals surface area contributed by atoms with Gasteiger partial charge < -0.3 is 4.98 Å². The molecular formula is C25H32ClN5O4S2. The van der Waals surface area contributed by atoms with Crippen LogP contribution in [0.15, 0.2) is 36.7 Å². The Morgan fingerprint density at radius 1 is 1.11 bits per heavy atom. The summed E-state index contributed by atoms with van der Waals surface area (Å²) in [7, 11) is -6.01. The van der Waals surface area contributed by atoms with Crippen molar-refractivity contribution in [1.29, 1.82) is 0 Å². The van der Waals surface area contributed by atoms with E-state index in [0.717, 1.165) is 60.7 Å². The van der Waals surface area contributed by atoms with Crippen molar-refractivity contribution in [3.63, 3.8) is 0 Å². The minimum absolute atomic E-state index is 0.233. The number of nitrogens with one attached hydrogen (secondary N) is 1. The van der Waals surface area contributed by atoms with Gasteiger partial charge in [0.2, 0.25) is 20.9 Å². The number of hydrogen-bond donors (Lipinski definition) is 2. The second-order valence-electron chi connectivity index (χ2n) is 10.2. The van der Waals surface area contributed by atoms with Crippen LogP contribution in [0.5, 0.6) is 0 Å². The lowest BCUT2D eigenvalue weighted by molar-refractivity contribution is 0.151. The van der Waals surface area contributed by atoms with Crippen molar-refractivity contribution in [3.8, 4) is 11.1 Å². The molecule has 0 unspecified atom stereocenters. The van der Waals surface area contributed by atoms with Crippen molar-refractivity contribution < 1.29 is 16.8 Å². The number of fused-ring (bicyclic) bond motifs is 1. The fraction of sp³-hybridized carbons (Fsp3) is 0.520. The molecular weight excluding hydrogens is 534 g/mol. The Hall–Kier alpha value is -2.21. The summed E-state index contributed by atoms with van der Waals surface area (Å²) in [6, 6.07) is 7.32. The largest absolute Gasteiger partial charge is 0.346 e. The molecule has 0 atom stereocenters. The average molecular weight is 566 g/mol. The fourth-order valence-electron chi connectivity index (χ4n) is 5.98. The van der Waals surface area contributed by atoms with E-state index in [0.29, 0.717) is 37.3 Å². The molecule has 3 aromatic rings. The average Bonchev–Trinajstić information content (AvgIpc) is 3.31. The van der Waals surface area contributed by atoms with E-state index in [1.54, 1.807) is 22.6 Å². The third-order valence-electron chi connectivity index (χ3n) is 7.96. The molecule has 37 heavy (non-hydrogen) atoms. The molecule has 5 rings (SSSR count). The Morgan fingerprint density at radius 3 is 2.49 bits per heavy atom. The van der Waals surface area contributed by atoms with Gasteiger partial charge in [0.05, 0.1) is 6.26 Å². The molecule has 3 aromatic heterocycles. The Balaban J connectivity index is 1.26. The summed E-state index contributed by atoms with van der Waals surface area (Å²) in [6.45, 7) is 1.58. The van der Waals surface area contributed by atoms with Crippen molar-refractivity contribution >= 4 is 49.4 Å². The van der Waals surface area contributed by atoms with E-state index in [1.165, 1.54) is 10.6 Å². The molecule has 2 aliphatic rings. The van der Waals surface area contributed by atoms with Gasteiger partial charge >= 0.3 is 0 Å². The number of aromatic amines is 1. The van der Waals surface area contributed by atoms with Gasteiger partial charge in [0.15, 0.2) is 0 Å². The van der Waals surface area contributed by atoms with Crippen LogP contribution in [0.25, 0.3) is 22.2 Å². The number of anilines is 1. The first kappa shape index (κ1) is 26.4. The zero-order valence-corrected chi connectivity index (χ0v) is 23.2. The van der Waals surface area contributed by atoms with E-state index in [-0.39, 0.29) is 11.1 Å². The standard InChI is InChI=1S/C25H32ClN5O4S2/c1-37(34,35)30-11-8-19(9-12-30)18-6-4-17(5-7-18)16-31(36(32)33)24-14-20(13-23(26)29-24)22-15-28-25-21(22)3-2-10-27-25/h2-3,10,13-15,17-19,36H,4-9,11-12,16H2,1H3,(H,27,28). The number of H-pyrrole nitrogens is 1. The first-order valence-electron chi connectivity index (χ1n) is 12.7. The highest BCUT2D eigenvalue weighted by molar-refractivity contribution is 7.88. The molecule has 1 aliphatic heterocycles. The van der Waals surface area contributed by atoms with E-state index in [4.69, 9.17) is 11.6 Å². The van der Waals surface area contributed by atoms with Gasteiger partial charge in [0, 0.05) is 43.0 Å². The normalized spacial score (nSPS) is 22.0. The van der Waals surface area contributed by atoms with Crippen LogP contribution in [0.4, 0.5) is 5.82 Å². The Labute approximate surface area is 224 Å². The molecule has 9 nitrogen and oxygen atoms in total. The molecule has 200 valence electrons. The number of aromatic nitrogens is 3. The lowest BCUT2D eigenvalue weighted by Gasteiger charge is -2.39. The summed E-state index contributed by atoms with van der Waals surface area (Å²) in [6.07, 6.45) is 10.6. The lowest BCUT2D eigenvalue weighted by atomic mass is 9.73. The second-order valence-corrected chi connectivity index (χ2v) is 13.6. The Morgan fingerprint density at radius 2 is 1.81 bits per heavy atom. The van der Waals surface area contributed by atoms with Crippen molar-refractivity contribution in [3.05, 3.63) is 41.8 Å². The van der Waals surface area contributed by atoms with Crippen molar-refractivity contribution in [2.75, 3.05) is 30.2 Å². The minimum Gasteiger partial charge on any atom is -0.346 e. The zero-order chi connectivity index (χ0) is 26.2. The predicted molar refractivity (Wildman–Crippen MR) is 147 cm³/mol. The first-order valence-corrected chi connectivity index (χ1v) is 16.0. The number of thiol groups is 1. The number of piperidine rings is 1. The third kappa shape index (κ3) is 5.94. The summed E-state index contributed by atoms with van der Waals surface area (Å²) in [5, 5.41) is 1.16. The fourth-order valence-corrected chi connectivity index (χ4v) is 7.69. The molecule has 1 N–H and O–H groups in total. The van der Waals surface area contributed by atoms with Crippen molar-refractivity contribution in [2.45, 2.75) is 38.5 Å². The number of pyridine rings is 2. The Kier molecular flexibility index (Phi) is 7.76. The van der Waals surface area contributed by atoms with Crippen LogP contribution < -0.4 is 4.31 Å². The zero-order valence-electron chi connectivity index (χ0n) is 20.7. The summed E-state index contributed by atoms with van der Waals surface area (Å²) in [5.41, 5.74) is 2.41. The monoisotopic (exact) mass is 565 g/mol. The molecule has 0 radical (unpaired) electrons. The molecule has 2 fully saturated rings. The molecule has 1 saturated heterocycles. The van der Waals surface area contributed by atoms with Gasteiger partial charge in [-0.05, 0) is 86.1 Å². The van der Waals surface area contributed by atoms with Crippen LogP contribution in [-0.2, 0) is 20.9 Å². The SMILES string of the molecule is CS(=O)(=O)N1CCC(C2CCC(CN(c3cc(-c4c[nH]c5ncccc45)cc(Cl)n3)[SH](=O)=O)CC2)CC1. The van der Waals surface area contributed by atoms with E-state index in [9.17, 15) is 16.8 Å². The molecule has 0 spiro atoms. The molecule has 1 saturated carbocycles. The van der Waals surface area contributed by atoms with Crippen LogP contribution in [0.2, 0.25) is 5.15 Å². The lowest BCUT2D eigenvalue weighted by Crippen LogP contribution is -2.40. The Bertz CT molecular complexity index is 1430. The van der Waals surface area contributed by atoms with E-state index in [1.807, 2.05) is 18.3 Å². The second kappa shape index (κ2) is 10.9. The number of hydrogen-bond acceptors (Lipinski definition) is 6. The minimum atomic E-state index is -3.12. The van der Waals surface area contributed by atoms with E-state index in [2.05, 4.69) is 15.0 Å². The number of halogens is 1. The van der Waals surface area contributed by atoms with Gasteiger partial charge in [-0.2, -0.15) is 0 Å². The summed E-state index contributed by atoms with van der Waals surface area (Å²) in [4.78, 5) is 11.8. The highest BCUT2D eigenvalue weighted by atomic mass is 35.5. The topological polar surface area (TPSA) is 116 Å². The predicted octanol–water partition coefficient (Wildman–Crippen LogP) is 4.09. The van der Waals surface area contributed by atoms with Crippen LogP contribution in [0.3, 0.4) is 0 Å². The van der Waals surface area contributed by atoms with Crippen LogP contribution in [-0.4, -0.2) is 62.0 Å². The van der Waals surface area contributed by atoms with Crippen LogP contribution in [0, 0.1) is 17.8 Å². The smallest absolute Gasteiger partial charge is 0.226 e. The number of sulfonamides is 1. The maximum absolute atomic E-state index is 12.3. The van der Waals surface area contributed by atoms with E-state index >= 15 is 0 Å². The maximum Gasteiger partial charge on any atom is 0.226 e. The van der Waals surface area contributed by atoms with Gasteiger partial charge in [-0.15, -0.1) is 0 Å². The van der Waals surface area contributed by atoms with Crippen molar-refractivity contribution in [2.24, 2.45) is 17.8 Å². The quantitative estimate of drug-likeness (QED) is 0.329. The maximum atomic E-state index is 12.3. The van der Waals surface area contributed by atoms with Gasteiger partial charge in [-0.3, -0.25) is 4.31 Å². The molecule has 0 amide bonds. The first-order chi connectivity index (χ1) is 17.7. The molecule has 0 bridgehead atoms. The highest BCUT2D eigenvalue weighted by Gasteiger charge is 2.33. The summed E-state index contributed by atoms with van der Waals surface area (Å²) < 4.78 is 51.2. The van der Waals surface area contributed by atoms with Crippen LogP contribution >= 0.6 is 11.6 Å².